The molecular weight excluding hydrogens is 230 g/mol. The first-order valence-corrected chi connectivity index (χ1v) is 9.15. The first-order chi connectivity index (χ1) is 9.42. The van der Waals surface area contributed by atoms with Gasteiger partial charge in [0.25, 0.3) is 0 Å². The van der Waals surface area contributed by atoms with Crippen LogP contribution in [-0.2, 0) is 0 Å². The van der Waals surface area contributed by atoms with E-state index in [1.165, 1.54) is 64.3 Å². The summed E-state index contributed by atoms with van der Waals surface area (Å²) in [6, 6.07) is 0.881. The predicted octanol–water partition coefficient (Wildman–Crippen LogP) is 4.76. The summed E-state index contributed by atoms with van der Waals surface area (Å²) in [5.41, 5.74) is 0. The van der Waals surface area contributed by atoms with Crippen LogP contribution in [0, 0.1) is 23.7 Å². The van der Waals surface area contributed by atoms with Gasteiger partial charge in [-0.15, -0.1) is 0 Å². The fourth-order valence-corrected chi connectivity index (χ4v) is 5.18. The molecule has 3 rings (SSSR count). The zero-order valence-corrected chi connectivity index (χ0v) is 12.9. The van der Waals surface area contributed by atoms with Crippen molar-refractivity contribution in [2.75, 3.05) is 6.54 Å². The van der Waals surface area contributed by atoms with Gasteiger partial charge in [-0.2, -0.15) is 0 Å². The molecule has 1 heteroatoms. The Morgan fingerprint density at radius 3 is 2.00 bits per heavy atom. The largest absolute Gasteiger partial charge is 0.313 e. The maximum atomic E-state index is 3.99. The standard InChI is InChI=1S/C18H33N/c1-2-13-19-18(14-9-5-3-4-6-10-14)17-15-11-7-8-12-16(15)17/h14-19H,2-13H2,1H3. The molecule has 3 saturated carbocycles. The Hall–Kier alpha value is -0.0400. The molecule has 0 saturated heterocycles. The molecule has 3 aliphatic carbocycles. The Morgan fingerprint density at radius 1 is 0.842 bits per heavy atom. The van der Waals surface area contributed by atoms with Crippen molar-refractivity contribution < 1.29 is 0 Å². The number of nitrogens with one attached hydrogen (secondary N) is 1. The molecule has 0 aliphatic heterocycles. The third-order valence-electron chi connectivity index (χ3n) is 6.18. The van der Waals surface area contributed by atoms with E-state index < -0.39 is 0 Å². The van der Waals surface area contributed by atoms with Crippen LogP contribution in [0.4, 0.5) is 0 Å². The maximum Gasteiger partial charge on any atom is 0.0129 e. The van der Waals surface area contributed by atoms with Gasteiger partial charge < -0.3 is 5.32 Å². The Morgan fingerprint density at radius 2 is 1.42 bits per heavy atom. The molecule has 1 nitrogen and oxygen atoms in total. The highest BCUT2D eigenvalue weighted by atomic mass is 14.9. The minimum absolute atomic E-state index is 0.881. The summed E-state index contributed by atoms with van der Waals surface area (Å²) in [5.74, 6) is 4.31. The van der Waals surface area contributed by atoms with Gasteiger partial charge in [-0.05, 0) is 62.3 Å². The molecule has 0 aromatic carbocycles. The molecule has 0 amide bonds. The van der Waals surface area contributed by atoms with E-state index in [4.69, 9.17) is 0 Å². The third-order valence-corrected chi connectivity index (χ3v) is 6.18. The smallest absolute Gasteiger partial charge is 0.0129 e. The molecule has 110 valence electrons. The molecular formula is C18H33N. The highest BCUT2D eigenvalue weighted by Crippen LogP contribution is 2.58. The average Bonchev–Trinajstić information content (AvgIpc) is 3.20. The summed E-state index contributed by atoms with van der Waals surface area (Å²) in [5, 5.41) is 3.99. The molecule has 3 unspecified atom stereocenters. The van der Waals surface area contributed by atoms with Crippen molar-refractivity contribution in [3.05, 3.63) is 0 Å². The van der Waals surface area contributed by atoms with Gasteiger partial charge in [0.15, 0.2) is 0 Å². The zero-order valence-electron chi connectivity index (χ0n) is 12.9. The molecule has 0 spiro atoms. The normalized spacial score (nSPS) is 37.4. The SMILES string of the molecule is CCCNC(C1CCCCCC1)C1C2CCCCC21. The lowest BCUT2D eigenvalue weighted by atomic mass is 9.87. The minimum atomic E-state index is 0.881. The lowest BCUT2D eigenvalue weighted by Gasteiger charge is -2.28. The van der Waals surface area contributed by atoms with E-state index in [-0.39, 0.29) is 0 Å². The second-order valence-corrected chi connectivity index (χ2v) is 7.42. The molecule has 19 heavy (non-hydrogen) atoms. The molecule has 3 fully saturated rings. The molecule has 0 aromatic heterocycles. The molecule has 0 radical (unpaired) electrons. The van der Waals surface area contributed by atoms with Gasteiger partial charge in [0.05, 0.1) is 0 Å². The zero-order chi connectivity index (χ0) is 13.1. The van der Waals surface area contributed by atoms with Crippen LogP contribution in [-0.4, -0.2) is 12.6 Å². The fraction of sp³-hybridized carbons (Fsp3) is 1.00. The van der Waals surface area contributed by atoms with Gasteiger partial charge in [-0.3, -0.25) is 0 Å². The average molecular weight is 263 g/mol. The Balaban J connectivity index is 1.63. The number of fused-ring (bicyclic) bond motifs is 1. The second kappa shape index (κ2) is 6.61. The number of hydrogen-bond donors (Lipinski definition) is 1. The molecule has 0 heterocycles. The van der Waals surface area contributed by atoms with Crippen molar-refractivity contribution in [3.8, 4) is 0 Å². The molecule has 0 bridgehead atoms. The third kappa shape index (κ3) is 3.17. The van der Waals surface area contributed by atoms with Crippen LogP contribution < -0.4 is 5.32 Å². The van der Waals surface area contributed by atoms with Crippen LogP contribution in [0.1, 0.15) is 77.6 Å². The summed E-state index contributed by atoms with van der Waals surface area (Å²) in [4.78, 5) is 0. The quantitative estimate of drug-likeness (QED) is 0.705. The van der Waals surface area contributed by atoms with Gasteiger partial charge in [0.2, 0.25) is 0 Å². The lowest BCUT2D eigenvalue weighted by molar-refractivity contribution is 0.276. The van der Waals surface area contributed by atoms with Gasteiger partial charge in [-0.1, -0.05) is 45.4 Å². The van der Waals surface area contributed by atoms with Crippen LogP contribution in [0.15, 0.2) is 0 Å². The van der Waals surface area contributed by atoms with E-state index in [1.807, 2.05) is 0 Å². The first kappa shape index (κ1) is 13.9. The van der Waals surface area contributed by atoms with E-state index in [9.17, 15) is 0 Å². The van der Waals surface area contributed by atoms with Crippen LogP contribution in [0.5, 0.6) is 0 Å². The summed E-state index contributed by atoms with van der Waals surface area (Å²) in [7, 11) is 0. The summed E-state index contributed by atoms with van der Waals surface area (Å²) >= 11 is 0. The van der Waals surface area contributed by atoms with Crippen LogP contribution in [0.3, 0.4) is 0 Å². The monoisotopic (exact) mass is 263 g/mol. The van der Waals surface area contributed by atoms with Crippen molar-refractivity contribution in [1.82, 2.24) is 5.32 Å². The highest BCUT2D eigenvalue weighted by Gasteiger charge is 2.55. The van der Waals surface area contributed by atoms with Crippen molar-refractivity contribution in [2.45, 2.75) is 83.6 Å². The lowest BCUT2D eigenvalue weighted by Crippen LogP contribution is -2.39. The van der Waals surface area contributed by atoms with E-state index >= 15 is 0 Å². The van der Waals surface area contributed by atoms with E-state index in [0.717, 1.165) is 29.7 Å². The van der Waals surface area contributed by atoms with Crippen LogP contribution in [0.25, 0.3) is 0 Å². The summed E-state index contributed by atoms with van der Waals surface area (Å²) in [6.07, 6.45) is 16.4. The van der Waals surface area contributed by atoms with Crippen molar-refractivity contribution in [1.29, 1.82) is 0 Å². The second-order valence-electron chi connectivity index (χ2n) is 7.42. The van der Waals surface area contributed by atoms with E-state index in [0.29, 0.717) is 0 Å². The first-order valence-electron chi connectivity index (χ1n) is 9.15. The summed E-state index contributed by atoms with van der Waals surface area (Å²) in [6.45, 7) is 3.56. The highest BCUT2D eigenvalue weighted by molar-refractivity contribution is 5.06. The number of hydrogen-bond acceptors (Lipinski definition) is 1. The fourth-order valence-electron chi connectivity index (χ4n) is 5.18. The van der Waals surface area contributed by atoms with Crippen LogP contribution >= 0.6 is 0 Å². The van der Waals surface area contributed by atoms with Gasteiger partial charge in [0, 0.05) is 6.04 Å². The van der Waals surface area contributed by atoms with Gasteiger partial charge >= 0.3 is 0 Å². The molecule has 3 atom stereocenters. The van der Waals surface area contributed by atoms with Gasteiger partial charge in [-0.25, -0.2) is 0 Å². The Bertz CT molecular complexity index is 253. The summed E-state index contributed by atoms with van der Waals surface area (Å²) < 4.78 is 0. The molecule has 1 N–H and O–H groups in total. The Labute approximate surface area is 119 Å². The minimum Gasteiger partial charge on any atom is -0.313 e. The van der Waals surface area contributed by atoms with Crippen molar-refractivity contribution in [3.63, 3.8) is 0 Å². The Kier molecular flexibility index (Phi) is 4.84. The predicted molar refractivity (Wildman–Crippen MR) is 82.2 cm³/mol. The molecule has 0 aromatic rings. The van der Waals surface area contributed by atoms with Crippen molar-refractivity contribution in [2.24, 2.45) is 23.7 Å². The van der Waals surface area contributed by atoms with Gasteiger partial charge in [0.1, 0.15) is 0 Å². The maximum absolute atomic E-state index is 3.99. The molecule has 3 aliphatic rings. The van der Waals surface area contributed by atoms with E-state index in [2.05, 4.69) is 12.2 Å². The van der Waals surface area contributed by atoms with Crippen molar-refractivity contribution >= 4 is 0 Å². The topological polar surface area (TPSA) is 12.0 Å². The van der Waals surface area contributed by atoms with E-state index in [1.54, 1.807) is 12.8 Å². The number of rotatable bonds is 5. The van der Waals surface area contributed by atoms with Crippen LogP contribution in [0.2, 0.25) is 0 Å².